The molecule has 4 heteroatoms. The zero-order valence-electron chi connectivity index (χ0n) is 6.07. The topological polar surface area (TPSA) is 52.6 Å². The second-order valence-electron chi connectivity index (χ2n) is 2.13. The highest BCUT2D eigenvalue weighted by Crippen LogP contribution is 2.13. The number of aldehydes is 1. The molecule has 0 unspecified atom stereocenters. The van der Waals surface area contributed by atoms with Crippen molar-refractivity contribution in [1.29, 1.82) is 0 Å². The van der Waals surface area contributed by atoms with Gasteiger partial charge in [0.25, 0.3) is 0 Å². The van der Waals surface area contributed by atoms with Crippen LogP contribution in [0.25, 0.3) is 0 Å². The first-order chi connectivity index (χ1) is 5.26. The van der Waals surface area contributed by atoms with Crippen molar-refractivity contribution < 1.29 is 19.1 Å². The SMILES string of the molecule is COC1=CC(=O)O[C@@H](C=O)C1. The molecule has 1 atom stereocenters. The van der Waals surface area contributed by atoms with Crippen molar-refractivity contribution in [3.63, 3.8) is 0 Å². The van der Waals surface area contributed by atoms with Crippen LogP contribution in [-0.4, -0.2) is 25.5 Å². The summed E-state index contributed by atoms with van der Waals surface area (Å²) < 4.78 is 9.40. The fourth-order valence-corrected chi connectivity index (χ4v) is 0.832. The minimum Gasteiger partial charge on any atom is -0.501 e. The van der Waals surface area contributed by atoms with Gasteiger partial charge in [-0.1, -0.05) is 0 Å². The summed E-state index contributed by atoms with van der Waals surface area (Å²) in [5.74, 6) is -0.0384. The molecule has 0 N–H and O–H groups in total. The van der Waals surface area contributed by atoms with E-state index in [9.17, 15) is 9.59 Å². The van der Waals surface area contributed by atoms with E-state index in [1.54, 1.807) is 0 Å². The normalized spacial score (nSPS) is 23.5. The minimum absolute atomic E-state index is 0.339. The van der Waals surface area contributed by atoms with Gasteiger partial charge in [-0.15, -0.1) is 0 Å². The Bertz CT molecular complexity index is 206. The van der Waals surface area contributed by atoms with Gasteiger partial charge in [-0.2, -0.15) is 0 Å². The number of ether oxygens (including phenoxy) is 2. The maximum atomic E-state index is 10.7. The van der Waals surface area contributed by atoms with E-state index in [-0.39, 0.29) is 0 Å². The summed E-state index contributed by atoms with van der Waals surface area (Å²) in [4.78, 5) is 20.9. The van der Waals surface area contributed by atoms with Crippen LogP contribution in [0.5, 0.6) is 0 Å². The standard InChI is InChI=1S/C7H8O4/c1-10-5-2-6(4-8)11-7(9)3-5/h3-4,6H,2H2,1H3/t6-/m1/s1. The van der Waals surface area contributed by atoms with Crippen LogP contribution in [0.1, 0.15) is 6.42 Å². The maximum Gasteiger partial charge on any atom is 0.334 e. The second kappa shape index (κ2) is 3.18. The van der Waals surface area contributed by atoms with Crippen LogP contribution in [0.2, 0.25) is 0 Å². The van der Waals surface area contributed by atoms with E-state index in [1.165, 1.54) is 13.2 Å². The molecule has 0 aromatic heterocycles. The molecule has 0 amide bonds. The molecule has 1 heterocycles. The van der Waals surface area contributed by atoms with Crippen LogP contribution in [0.15, 0.2) is 11.8 Å². The molecule has 0 radical (unpaired) electrons. The molecule has 0 saturated heterocycles. The van der Waals surface area contributed by atoms with Crippen molar-refractivity contribution in [3.05, 3.63) is 11.8 Å². The summed E-state index contributed by atoms with van der Waals surface area (Å²) in [6.07, 6.45) is 1.48. The summed E-state index contributed by atoms with van der Waals surface area (Å²) in [6, 6.07) is 0. The van der Waals surface area contributed by atoms with Gasteiger partial charge in [-0.05, 0) is 0 Å². The van der Waals surface area contributed by atoms with E-state index in [0.29, 0.717) is 18.5 Å². The molecule has 0 bridgehead atoms. The first kappa shape index (κ1) is 7.78. The Hall–Kier alpha value is -1.32. The summed E-state index contributed by atoms with van der Waals surface area (Å²) in [5, 5.41) is 0. The summed E-state index contributed by atoms with van der Waals surface area (Å²) in [7, 11) is 1.45. The fraction of sp³-hybridized carbons (Fsp3) is 0.429. The number of cyclic esters (lactones) is 1. The van der Waals surface area contributed by atoms with Crippen molar-refractivity contribution in [2.75, 3.05) is 7.11 Å². The van der Waals surface area contributed by atoms with Crippen LogP contribution in [0.4, 0.5) is 0 Å². The third-order valence-corrected chi connectivity index (χ3v) is 1.36. The Balaban J connectivity index is 2.68. The average Bonchev–Trinajstić information content (AvgIpc) is 2.03. The van der Waals surface area contributed by atoms with Crippen molar-refractivity contribution in [1.82, 2.24) is 0 Å². The van der Waals surface area contributed by atoms with Gasteiger partial charge < -0.3 is 9.47 Å². The van der Waals surface area contributed by atoms with Gasteiger partial charge in [-0.25, -0.2) is 4.79 Å². The third kappa shape index (κ3) is 1.80. The first-order valence-electron chi connectivity index (χ1n) is 3.16. The van der Waals surface area contributed by atoms with Crippen LogP contribution in [-0.2, 0) is 19.1 Å². The lowest BCUT2D eigenvalue weighted by atomic mass is 10.2. The molecule has 60 valence electrons. The molecule has 1 aliphatic rings. The van der Waals surface area contributed by atoms with Crippen LogP contribution in [0.3, 0.4) is 0 Å². The van der Waals surface area contributed by atoms with Gasteiger partial charge in [0.2, 0.25) is 0 Å². The lowest BCUT2D eigenvalue weighted by Gasteiger charge is -2.16. The highest BCUT2D eigenvalue weighted by atomic mass is 16.6. The Morgan fingerprint density at radius 3 is 3.09 bits per heavy atom. The number of carbonyl (C=O) groups excluding carboxylic acids is 2. The monoisotopic (exact) mass is 156 g/mol. The average molecular weight is 156 g/mol. The zero-order valence-corrected chi connectivity index (χ0v) is 6.07. The lowest BCUT2D eigenvalue weighted by molar-refractivity contribution is -0.148. The van der Waals surface area contributed by atoms with Crippen LogP contribution >= 0.6 is 0 Å². The molecule has 1 aliphatic heterocycles. The minimum atomic E-state index is -0.678. The Labute approximate surface area is 63.8 Å². The molecule has 0 spiro atoms. The van der Waals surface area contributed by atoms with Crippen molar-refractivity contribution in [2.45, 2.75) is 12.5 Å². The summed E-state index contributed by atoms with van der Waals surface area (Å²) in [5.41, 5.74) is 0. The third-order valence-electron chi connectivity index (χ3n) is 1.36. The van der Waals surface area contributed by atoms with E-state index < -0.39 is 12.1 Å². The first-order valence-corrected chi connectivity index (χ1v) is 3.16. The highest BCUT2D eigenvalue weighted by Gasteiger charge is 2.20. The van der Waals surface area contributed by atoms with E-state index in [4.69, 9.17) is 4.74 Å². The summed E-state index contributed by atoms with van der Waals surface area (Å²) >= 11 is 0. The quantitative estimate of drug-likeness (QED) is 0.418. The molecule has 0 saturated carbocycles. The van der Waals surface area contributed by atoms with Gasteiger partial charge in [0.15, 0.2) is 12.4 Å². The van der Waals surface area contributed by atoms with Gasteiger partial charge in [0.1, 0.15) is 5.76 Å². The van der Waals surface area contributed by atoms with Crippen LogP contribution < -0.4 is 0 Å². The predicted molar refractivity (Wildman–Crippen MR) is 35.7 cm³/mol. The lowest BCUT2D eigenvalue weighted by Crippen LogP contribution is -2.24. The number of esters is 1. The van der Waals surface area contributed by atoms with Gasteiger partial charge in [0, 0.05) is 6.42 Å². The van der Waals surface area contributed by atoms with Crippen molar-refractivity contribution in [3.8, 4) is 0 Å². The second-order valence-corrected chi connectivity index (χ2v) is 2.13. The zero-order chi connectivity index (χ0) is 8.27. The number of methoxy groups -OCH3 is 1. The smallest absolute Gasteiger partial charge is 0.334 e. The van der Waals surface area contributed by atoms with E-state index in [0.717, 1.165) is 0 Å². The number of hydrogen-bond acceptors (Lipinski definition) is 4. The summed E-state index contributed by atoms with van der Waals surface area (Å²) in [6.45, 7) is 0. The number of carbonyl (C=O) groups is 2. The van der Waals surface area contributed by atoms with Gasteiger partial charge >= 0.3 is 5.97 Å². The molecule has 4 nitrogen and oxygen atoms in total. The Kier molecular flexibility index (Phi) is 2.25. The molecule has 0 fully saturated rings. The molecule has 0 aromatic carbocycles. The fourth-order valence-electron chi connectivity index (χ4n) is 0.832. The van der Waals surface area contributed by atoms with Crippen molar-refractivity contribution in [2.24, 2.45) is 0 Å². The van der Waals surface area contributed by atoms with E-state index in [1.807, 2.05) is 0 Å². The highest BCUT2D eigenvalue weighted by molar-refractivity contribution is 5.85. The molecule has 0 aliphatic carbocycles. The number of rotatable bonds is 2. The van der Waals surface area contributed by atoms with E-state index in [2.05, 4.69) is 4.74 Å². The largest absolute Gasteiger partial charge is 0.501 e. The molecular weight excluding hydrogens is 148 g/mol. The predicted octanol–water partition coefficient (Wildman–Crippen LogP) is 0.0311. The Morgan fingerprint density at radius 2 is 2.55 bits per heavy atom. The molecular formula is C7H8O4. The molecule has 1 rings (SSSR count). The van der Waals surface area contributed by atoms with Gasteiger partial charge in [0.05, 0.1) is 13.2 Å². The number of hydrogen-bond donors (Lipinski definition) is 0. The van der Waals surface area contributed by atoms with Gasteiger partial charge in [-0.3, -0.25) is 4.79 Å². The molecule has 0 aromatic rings. The van der Waals surface area contributed by atoms with E-state index >= 15 is 0 Å². The Morgan fingerprint density at radius 1 is 1.82 bits per heavy atom. The van der Waals surface area contributed by atoms with Crippen LogP contribution in [0, 0.1) is 0 Å². The maximum absolute atomic E-state index is 10.7. The molecule has 11 heavy (non-hydrogen) atoms. The van der Waals surface area contributed by atoms with Crippen molar-refractivity contribution >= 4 is 12.3 Å².